The van der Waals surface area contributed by atoms with Crippen LogP contribution in [0.4, 0.5) is 5.69 Å². The molecule has 28 heavy (non-hydrogen) atoms. The Balaban J connectivity index is 1.88. The summed E-state index contributed by atoms with van der Waals surface area (Å²) in [6, 6.07) is 25.2. The van der Waals surface area contributed by atoms with E-state index in [1.54, 1.807) is 25.3 Å². The fraction of sp³-hybridized carbons (Fsp3) is 0.208. The monoisotopic (exact) mass is 375 g/mol. The number of methoxy groups -OCH3 is 1. The minimum atomic E-state index is -0.0662. The zero-order valence-electron chi connectivity index (χ0n) is 16.3. The fourth-order valence-electron chi connectivity index (χ4n) is 3.07. The number of nitrogens with zero attached hydrogens (tertiary/aromatic N) is 1. The van der Waals surface area contributed by atoms with E-state index in [2.05, 4.69) is 12.1 Å². The van der Waals surface area contributed by atoms with E-state index in [4.69, 9.17) is 9.47 Å². The summed E-state index contributed by atoms with van der Waals surface area (Å²) in [6.45, 7) is 3.04. The predicted molar refractivity (Wildman–Crippen MR) is 112 cm³/mol. The van der Waals surface area contributed by atoms with Crippen LogP contribution in [0, 0.1) is 0 Å². The summed E-state index contributed by atoms with van der Waals surface area (Å²) in [7, 11) is 1.58. The zero-order valence-corrected chi connectivity index (χ0v) is 16.3. The molecule has 0 N–H and O–H groups in total. The van der Waals surface area contributed by atoms with E-state index in [-0.39, 0.29) is 5.91 Å². The van der Waals surface area contributed by atoms with Crippen LogP contribution in [0.3, 0.4) is 0 Å². The van der Waals surface area contributed by atoms with Crippen LogP contribution in [0.5, 0.6) is 11.5 Å². The summed E-state index contributed by atoms with van der Waals surface area (Å²) >= 11 is 0. The molecule has 144 valence electrons. The first-order valence-corrected chi connectivity index (χ1v) is 9.44. The SMILES string of the molecule is CCOc1ccc(C(=O)N(CCc2ccccc2)c2ccccc2)cc1OC. The summed E-state index contributed by atoms with van der Waals surface area (Å²) in [5, 5.41) is 0. The molecule has 0 atom stereocenters. The van der Waals surface area contributed by atoms with E-state index >= 15 is 0 Å². The van der Waals surface area contributed by atoms with Gasteiger partial charge in [0.1, 0.15) is 0 Å². The van der Waals surface area contributed by atoms with Crippen molar-refractivity contribution in [3.8, 4) is 11.5 Å². The Bertz CT molecular complexity index is 894. The van der Waals surface area contributed by atoms with Crippen LogP contribution in [-0.4, -0.2) is 26.2 Å². The largest absolute Gasteiger partial charge is 0.493 e. The Kier molecular flexibility index (Phi) is 6.68. The highest BCUT2D eigenvalue weighted by molar-refractivity contribution is 6.06. The molecular weight excluding hydrogens is 350 g/mol. The highest BCUT2D eigenvalue weighted by Gasteiger charge is 2.19. The lowest BCUT2D eigenvalue weighted by molar-refractivity contribution is 0.0987. The molecule has 0 radical (unpaired) electrons. The molecule has 0 saturated heterocycles. The summed E-state index contributed by atoms with van der Waals surface area (Å²) < 4.78 is 11.0. The lowest BCUT2D eigenvalue weighted by atomic mass is 10.1. The van der Waals surface area contributed by atoms with Gasteiger partial charge in [0.2, 0.25) is 0 Å². The molecule has 0 aliphatic heterocycles. The van der Waals surface area contributed by atoms with Crippen molar-refractivity contribution in [3.63, 3.8) is 0 Å². The van der Waals surface area contributed by atoms with Gasteiger partial charge in [-0.25, -0.2) is 0 Å². The standard InChI is InChI=1S/C24H25NO3/c1-3-28-22-15-14-20(18-23(22)27-2)24(26)25(21-12-8-5-9-13-21)17-16-19-10-6-4-7-11-19/h4-15,18H,3,16-17H2,1-2H3. The Morgan fingerprint density at radius 2 is 1.57 bits per heavy atom. The second kappa shape index (κ2) is 9.60. The smallest absolute Gasteiger partial charge is 0.258 e. The van der Waals surface area contributed by atoms with Crippen molar-refractivity contribution in [2.45, 2.75) is 13.3 Å². The number of hydrogen-bond acceptors (Lipinski definition) is 3. The first-order chi connectivity index (χ1) is 13.7. The minimum Gasteiger partial charge on any atom is -0.493 e. The van der Waals surface area contributed by atoms with Gasteiger partial charge in [-0.1, -0.05) is 48.5 Å². The number of para-hydroxylation sites is 1. The van der Waals surface area contributed by atoms with Crippen LogP contribution < -0.4 is 14.4 Å². The van der Waals surface area contributed by atoms with Crippen molar-refractivity contribution in [1.29, 1.82) is 0 Å². The maximum atomic E-state index is 13.3. The third-order valence-corrected chi connectivity index (χ3v) is 4.49. The molecule has 0 saturated carbocycles. The molecule has 0 heterocycles. The van der Waals surface area contributed by atoms with E-state index in [1.807, 2.05) is 60.4 Å². The zero-order chi connectivity index (χ0) is 19.8. The second-order valence-corrected chi connectivity index (χ2v) is 6.33. The molecule has 4 nitrogen and oxygen atoms in total. The van der Waals surface area contributed by atoms with Gasteiger partial charge in [0.25, 0.3) is 5.91 Å². The van der Waals surface area contributed by atoms with Gasteiger partial charge >= 0.3 is 0 Å². The minimum absolute atomic E-state index is 0.0662. The van der Waals surface area contributed by atoms with Gasteiger partial charge in [0.05, 0.1) is 13.7 Å². The van der Waals surface area contributed by atoms with E-state index in [0.29, 0.717) is 30.2 Å². The molecule has 4 heteroatoms. The number of amides is 1. The van der Waals surface area contributed by atoms with E-state index in [1.165, 1.54) is 5.56 Å². The highest BCUT2D eigenvalue weighted by Crippen LogP contribution is 2.29. The van der Waals surface area contributed by atoms with Gasteiger partial charge in [-0.15, -0.1) is 0 Å². The molecule has 0 aromatic heterocycles. The number of ether oxygens (including phenoxy) is 2. The normalized spacial score (nSPS) is 10.4. The fourth-order valence-corrected chi connectivity index (χ4v) is 3.07. The van der Waals surface area contributed by atoms with E-state index in [9.17, 15) is 4.79 Å². The number of hydrogen-bond donors (Lipinski definition) is 0. The van der Waals surface area contributed by atoms with Crippen molar-refractivity contribution in [3.05, 3.63) is 90.0 Å². The Labute approximate surface area is 166 Å². The van der Waals surface area contributed by atoms with Crippen LogP contribution in [0.2, 0.25) is 0 Å². The molecule has 0 aliphatic rings. The van der Waals surface area contributed by atoms with Gasteiger partial charge in [-0.05, 0) is 49.2 Å². The van der Waals surface area contributed by atoms with Crippen molar-refractivity contribution >= 4 is 11.6 Å². The summed E-state index contributed by atoms with van der Waals surface area (Å²) in [5.74, 6) is 1.13. The molecule has 0 bridgehead atoms. The summed E-state index contributed by atoms with van der Waals surface area (Å²) in [6.07, 6.45) is 0.773. The van der Waals surface area contributed by atoms with Crippen LogP contribution >= 0.6 is 0 Å². The third kappa shape index (κ3) is 4.71. The summed E-state index contributed by atoms with van der Waals surface area (Å²) in [5.41, 5.74) is 2.63. The second-order valence-electron chi connectivity index (χ2n) is 6.33. The molecule has 0 aliphatic carbocycles. The Morgan fingerprint density at radius 3 is 2.21 bits per heavy atom. The summed E-state index contributed by atoms with van der Waals surface area (Å²) in [4.78, 5) is 15.1. The lowest BCUT2D eigenvalue weighted by Crippen LogP contribution is -2.33. The molecule has 3 aromatic carbocycles. The van der Waals surface area contributed by atoms with Gasteiger partial charge in [-0.2, -0.15) is 0 Å². The third-order valence-electron chi connectivity index (χ3n) is 4.49. The number of anilines is 1. The van der Waals surface area contributed by atoms with Crippen molar-refractivity contribution in [2.24, 2.45) is 0 Å². The van der Waals surface area contributed by atoms with Gasteiger partial charge in [0, 0.05) is 17.8 Å². The van der Waals surface area contributed by atoms with Crippen molar-refractivity contribution < 1.29 is 14.3 Å². The van der Waals surface area contributed by atoms with E-state index < -0.39 is 0 Å². The number of carbonyl (C=O) groups excluding carboxylic acids is 1. The highest BCUT2D eigenvalue weighted by atomic mass is 16.5. The van der Waals surface area contributed by atoms with Crippen molar-refractivity contribution in [2.75, 3.05) is 25.2 Å². The molecular formula is C24H25NO3. The molecule has 3 rings (SSSR count). The van der Waals surface area contributed by atoms with Gasteiger partial charge in [0.15, 0.2) is 11.5 Å². The average molecular weight is 375 g/mol. The van der Waals surface area contributed by atoms with Crippen LogP contribution in [0.1, 0.15) is 22.8 Å². The van der Waals surface area contributed by atoms with Crippen molar-refractivity contribution in [1.82, 2.24) is 0 Å². The topological polar surface area (TPSA) is 38.8 Å². The molecule has 0 spiro atoms. The number of benzene rings is 3. The first-order valence-electron chi connectivity index (χ1n) is 9.44. The Hall–Kier alpha value is -3.27. The van der Waals surface area contributed by atoms with Crippen LogP contribution in [0.25, 0.3) is 0 Å². The van der Waals surface area contributed by atoms with Gasteiger partial charge < -0.3 is 14.4 Å². The van der Waals surface area contributed by atoms with E-state index in [0.717, 1.165) is 12.1 Å². The first kappa shape index (κ1) is 19.5. The molecule has 1 amide bonds. The number of carbonyl (C=O) groups is 1. The lowest BCUT2D eigenvalue weighted by Gasteiger charge is -2.23. The molecule has 0 fully saturated rings. The molecule has 3 aromatic rings. The maximum absolute atomic E-state index is 13.3. The van der Waals surface area contributed by atoms with Crippen LogP contribution in [-0.2, 0) is 6.42 Å². The maximum Gasteiger partial charge on any atom is 0.258 e. The van der Waals surface area contributed by atoms with Crippen LogP contribution in [0.15, 0.2) is 78.9 Å². The predicted octanol–water partition coefficient (Wildman–Crippen LogP) is 4.98. The number of rotatable bonds is 8. The average Bonchev–Trinajstić information content (AvgIpc) is 2.75. The quantitative estimate of drug-likeness (QED) is 0.557. The molecule has 0 unspecified atom stereocenters. The Morgan fingerprint density at radius 1 is 0.893 bits per heavy atom. The van der Waals surface area contributed by atoms with Gasteiger partial charge in [-0.3, -0.25) is 4.79 Å².